The van der Waals surface area contributed by atoms with Crippen molar-refractivity contribution in [3.05, 3.63) is 24.0 Å². The summed E-state index contributed by atoms with van der Waals surface area (Å²) in [6.45, 7) is 4.66. The number of carbonyl (C=O) groups excluding carboxylic acids is 2. The number of anilines is 2. The Morgan fingerprint density at radius 2 is 2.03 bits per heavy atom. The molecular weight excluding hydrogens is 373 g/mol. The molecule has 8 heteroatoms. The topological polar surface area (TPSA) is 92.7 Å². The highest BCUT2D eigenvalue weighted by atomic mass is 19.1. The maximum atomic E-state index is 14.1. The molecule has 0 bridgehead atoms. The summed E-state index contributed by atoms with van der Waals surface area (Å²) < 4.78 is 15.6. The Balaban J connectivity index is 0.000000707. The number of hydrogen-bond donors (Lipinski definition) is 2. The van der Waals surface area contributed by atoms with Gasteiger partial charge in [-0.2, -0.15) is 5.10 Å². The molecule has 7 nitrogen and oxygen atoms in total. The number of halogens is 1. The molecule has 2 aromatic rings. The number of aromatic nitrogens is 2. The number of nitrogens with zero attached hydrogens (tertiary/aromatic N) is 3. The van der Waals surface area contributed by atoms with E-state index in [0.29, 0.717) is 37.0 Å². The molecule has 156 valence electrons. The van der Waals surface area contributed by atoms with Crippen LogP contribution in [0.4, 0.5) is 15.8 Å². The fraction of sp³-hybridized carbons (Fsp3) is 0.476. The average Bonchev–Trinajstić information content (AvgIpc) is 3.45. The molecule has 1 saturated carbocycles. The molecule has 2 aliphatic rings. The third-order valence-electron chi connectivity index (χ3n) is 5.03. The van der Waals surface area contributed by atoms with E-state index in [0.717, 1.165) is 18.5 Å². The van der Waals surface area contributed by atoms with E-state index >= 15 is 0 Å². The standard InChI is InChI=1S/C17H20FN5O2.C2H6.C2H2/c18-12-3-1-4-13(12)21-16-11(17(19)25)8-20-23-9-10(7-14(16)23)22-6-2-5-15(22)24;2*1-2/h7-9,12-13,21H,1-6H2,(H2,19,25);1-2H3;1-2H/t12-,13+;;/m0../s1. The zero-order valence-electron chi connectivity index (χ0n) is 16.9. The van der Waals surface area contributed by atoms with Crippen LogP contribution in [0.1, 0.15) is 56.3 Å². The first-order valence-electron chi connectivity index (χ1n) is 9.90. The summed E-state index contributed by atoms with van der Waals surface area (Å²) in [4.78, 5) is 25.5. The highest BCUT2D eigenvalue weighted by Crippen LogP contribution is 2.32. The fourth-order valence-corrected chi connectivity index (χ4v) is 3.71. The lowest BCUT2D eigenvalue weighted by molar-refractivity contribution is -0.117. The number of fused-ring (bicyclic) bond motifs is 1. The van der Waals surface area contributed by atoms with E-state index in [1.165, 1.54) is 6.20 Å². The normalized spacial score (nSPS) is 20.6. The molecule has 2 aromatic heterocycles. The van der Waals surface area contributed by atoms with E-state index in [1.807, 2.05) is 13.8 Å². The lowest BCUT2D eigenvalue weighted by atomic mass is 10.1. The van der Waals surface area contributed by atoms with Crippen LogP contribution in [-0.4, -0.2) is 40.2 Å². The van der Waals surface area contributed by atoms with Crippen LogP contribution in [-0.2, 0) is 4.79 Å². The van der Waals surface area contributed by atoms with Gasteiger partial charge in [0.2, 0.25) is 5.91 Å². The second kappa shape index (κ2) is 9.92. The van der Waals surface area contributed by atoms with Gasteiger partial charge < -0.3 is 16.0 Å². The fourth-order valence-electron chi connectivity index (χ4n) is 3.71. The molecule has 0 unspecified atom stereocenters. The van der Waals surface area contributed by atoms with Gasteiger partial charge in [0.15, 0.2) is 0 Å². The van der Waals surface area contributed by atoms with E-state index in [9.17, 15) is 14.0 Å². The summed E-state index contributed by atoms with van der Waals surface area (Å²) in [5.41, 5.74) is 7.53. The third-order valence-corrected chi connectivity index (χ3v) is 5.03. The number of alkyl halides is 1. The Morgan fingerprint density at radius 3 is 2.59 bits per heavy atom. The molecular formula is C21H28FN5O2. The first kappa shape index (κ1) is 22.2. The van der Waals surface area contributed by atoms with E-state index in [-0.39, 0.29) is 17.5 Å². The third kappa shape index (κ3) is 4.50. The van der Waals surface area contributed by atoms with E-state index in [1.54, 1.807) is 21.7 Å². The number of terminal acetylenes is 1. The molecule has 1 saturated heterocycles. The van der Waals surface area contributed by atoms with Crippen molar-refractivity contribution in [1.29, 1.82) is 0 Å². The Labute approximate surface area is 170 Å². The van der Waals surface area contributed by atoms with Gasteiger partial charge in [-0.15, -0.1) is 12.8 Å². The summed E-state index contributed by atoms with van der Waals surface area (Å²) in [5.74, 6) is -0.550. The maximum absolute atomic E-state index is 14.1. The lowest BCUT2D eigenvalue weighted by Gasteiger charge is -2.19. The summed E-state index contributed by atoms with van der Waals surface area (Å²) >= 11 is 0. The first-order chi connectivity index (χ1) is 14.0. The van der Waals surface area contributed by atoms with Crippen LogP contribution in [0.25, 0.3) is 5.52 Å². The number of nitrogens with two attached hydrogens (primary N) is 1. The zero-order valence-corrected chi connectivity index (χ0v) is 16.9. The Morgan fingerprint density at radius 1 is 1.31 bits per heavy atom. The van der Waals surface area contributed by atoms with Gasteiger partial charge in [0, 0.05) is 13.0 Å². The van der Waals surface area contributed by atoms with Gasteiger partial charge >= 0.3 is 0 Å². The smallest absolute Gasteiger partial charge is 0.252 e. The first-order valence-corrected chi connectivity index (χ1v) is 9.90. The molecule has 2 atom stereocenters. The Bertz CT molecular complexity index is 892. The number of primary amides is 1. The highest BCUT2D eigenvalue weighted by molar-refractivity contribution is 6.03. The predicted octanol–water partition coefficient (Wildman–Crippen LogP) is 3.14. The van der Waals surface area contributed by atoms with E-state index in [2.05, 4.69) is 23.3 Å². The van der Waals surface area contributed by atoms with Crippen molar-refractivity contribution < 1.29 is 14.0 Å². The predicted molar refractivity (Wildman–Crippen MR) is 113 cm³/mol. The quantitative estimate of drug-likeness (QED) is 0.770. The number of nitrogens with one attached hydrogen (secondary N) is 1. The van der Waals surface area contributed by atoms with E-state index in [4.69, 9.17) is 5.73 Å². The van der Waals surface area contributed by atoms with E-state index < -0.39 is 12.1 Å². The molecule has 0 radical (unpaired) electrons. The van der Waals surface area contributed by atoms with Gasteiger partial charge in [0.25, 0.3) is 5.91 Å². The minimum atomic E-state index is -0.955. The van der Waals surface area contributed by atoms with Crippen molar-refractivity contribution in [2.45, 2.75) is 58.2 Å². The van der Waals surface area contributed by atoms with Gasteiger partial charge in [-0.1, -0.05) is 13.8 Å². The van der Waals surface area contributed by atoms with Crippen molar-refractivity contribution in [2.24, 2.45) is 5.73 Å². The van der Waals surface area contributed by atoms with Gasteiger partial charge in [0.1, 0.15) is 6.17 Å². The van der Waals surface area contributed by atoms with Crippen molar-refractivity contribution in [3.8, 4) is 12.8 Å². The molecule has 2 amide bonds. The molecule has 3 heterocycles. The van der Waals surface area contributed by atoms with Crippen molar-refractivity contribution in [3.63, 3.8) is 0 Å². The van der Waals surface area contributed by atoms with Crippen LogP contribution in [0, 0.1) is 12.8 Å². The second-order valence-electron chi connectivity index (χ2n) is 6.67. The Hall–Kier alpha value is -3.08. The summed E-state index contributed by atoms with van der Waals surface area (Å²) in [6, 6.07) is 1.45. The minimum Gasteiger partial charge on any atom is -0.377 e. The largest absolute Gasteiger partial charge is 0.377 e. The van der Waals surface area contributed by atoms with Crippen LogP contribution in [0.3, 0.4) is 0 Å². The maximum Gasteiger partial charge on any atom is 0.252 e. The molecule has 0 spiro atoms. The van der Waals surface area contributed by atoms with Crippen molar-refractivity contribution in [2.75, 3.05) is 16.8 Å². The molecule has 4 rings (SSSR count). The zero-order chi connectivity index (χ0) is 21.6. The molecule has 3 N–H and O–H groups in total. The number of carbonyl (C=O) groups is 2. The molecule has 1 aliphatic carbocycles. The molecule has 2 fully saturated rings. The van der Waals surface area contributed by atoms with Gasteiger partial charge in [-0.05, 0) is 31.7 Å². The minimum absolute atomic E-state index is 0.0696. The van der Waals surface area contributed by atoms with Gasteiger partial charge in [-0.25, -0.2) is 8.91 Å². The molecule has 1 aliphatic heterocycles. The van der Waals surface area contributed by atoms with Gasteiger partial charge in [0.05, 0.1) is 40.9 Å². The van der Waals surface area contributed by atoms with Gasteiger partial charge in [-0.3, -0.25) is 9.59 Å². The highest BCUT2D eigenvalue weighted by Gasteiger charge is 2.29. The van der Waals surface area contributed by atoms with Crippen LogP contribution >= 0.6 is 0 Å². The average molecular weight is 401 g/mol. The Kier molecular flexibility index (Phi) is 7.59. The van der Waals surface area contributed by atoms with Crippen LogP contribution < -0.4 is 16.0 Å². The van der Waals surface area contributed by atoms with Crippen LogP contribution in [0.15, 0.2) is 18.5 Å². The van der Waals surface area contributed by atoms with Crippen LogP contribution in [0.2, 0.25) is 0 Å². The van der Waals surface area contributed by atoms with Crippen molar-refractivity contribution >= 4 is 28.7 Å². The summed E-state index contributed by atoms with van der Waals surface area (Å²) in [7, 11) is 0. The summed E-state index contributed by atoms with van der Waals surface area (Å²) in [6.07, 6.45) is 13.5. The number of rotatable bonds is 4. The number of hydrogen-bond acceptors (Lipinski definition) is 4. The van der Waals surface area contributed by atoms with Crippen LogP contribution in [0.5, 0.6) is 0 Å². The second-order valence-corrected chi connectivity index (χ2v) is 6.67. The summed E-state index contributed by atoms with van der Waals surface area (Å²) in [5, 5.41) is 7.38. The monoisotopic (exact) mass is 401 g/mol. The molecule has 0 aromatic carbocycles. The number of amides is 2. The SMILES string of the molecule is C#C.CC.NC(=O)c1cnn2cc(N3CCCC3=O)cc2c1N[C@@H]1CCC[C@@H]1F. The molecule has 29 heavy (non-hydrogen) atoms. The lowest BCUT2D eigenvalue weighted by Crippen LogP contribution is -2.27. The van der Waals surface area contributed by atoms with Crippen molar-refractivity contribution in [1.82, 2.24) is 9.61 Å².